The average Bonchev–Trinajstić information content (AvgIpc) is 2.62. The summed E-state index contributed by atoms with van der Waals surface area (Å²) in [7, 11) is 0. The van der Waals surface area contributed by atoms with E-state index in [0.29, 0.717) is 4.70 Å². The maximum absolute atomic E-state index is 12.4. The Bertz CT molecular complexity index is 475. The van der Waals surface area contributed by atoms with E-state index in [0.717, 1.165) is 5.39 Å². The van der Waals surface area contributed by atoms with Crippen molar-refractivity contribution in [3.8, 4) is 0 Å². The van der Waals surface area contributed by atoms with Gasteiger partial charge in [0.2, 0.25) is 0 Å². The first kappa shape index (κ1) is 10.4. The van der Waals surface area contributed by atoms with Crippen LogP contribution < -0.4 is 5.73 Å². The lowest BCUT2D eigenvalue weighted by Crippen LogP contribution is -2.28. The summed E-state index contributed by atoms with van der Waals surface area (Å²) in [5, 5.41) is 2.56. The summed E-state index contributed by atoms with van der Waals surface area (Å²) in [6, 6.07) is 4.68. The van der Waals surface area contributed by atoms with Crippen LogP contribution in [-0.4, -0.2) is 6.18 Å². The second kappa shape index (κ2) is 3.50. The lowest BCUT2D eigenvalue weighted by molar-refractivity contribution is -0.148. The molecule has 2 rings (SSSR count). The lowest BCUT2D eigenvalue weighted by Gasteiger charge is -2.16. The summed E-state index contributed by atoms with van der Waals surface area (Å²) in [5.41, 5.74) is 5.33. The topological polar surface area (TPSA) is 26.0 Å². The fraction of sp³-hybridized carbons (Fsp3) is 0.200. The van der Waals surface area contributed by atoms with Crippen molar-refractivity contribution in [2.24, 2.45) is 5.73 Å². The molecular weight excluding hydrogens is 223 g/mol. The summed E-state index contributed by atoms with van der Waals surface area (Å²) < 4.78 is 38.0. The molecule has 1 aromatic carbocycles. The number of hydrogen-bond acceptors (Lipinski definition) is 2. The van der Waals surface area contributed by atoms with Gasteiger partial charge in [0.25, 0.3) is 0 Å². The molecule has 0 aliphatic carbocycles. The van der Waals surface area contributed by atoms with Crippen LogP contribution in [0, 0.1) is 0 Å². The van der Waals surface area contributed by atoms with Crippen LogP contribution in [0.2, 0.25) is 0 Å². The third kappa shape index (κ3) is 1.85. The number of benzene rings is 1. The molecule has 0 spiro atoms. The van der Waals surface area contributed by atoms with Crippen molar-refractivity contribution in [3.05, 3.63) is 35.2 Å². The first-order chi connectivity index (χ1) is 7.00. The number of hydrogen-bond donors (Lipinski definition) is 1. The van der Waals surface area contributed by atoms with Gasteiger partial charge in [-0.15, -0.1) is 11.3 Å². The van der Waals surface area contributed by atoms with Gasteiger partial charge in [0.1, 0.15) is 6.04 Å². The third-order valence-electron chi connectivity index (χ3n) is 2.20. The zero-order valence-electron chi connectivity index (χ0n) is 7.58. The van der Waals surface area contributed by atoms with Crippen molar-refractivity contribution in [1.29, 1.82) is 0 Å². The zero-order valence-corrected chi connectivity index (χ0v) is 8.40. The van der Waals surface area contributed by atoms with E-state index in [2.05, 4.69) is 0 Å². The Hall–Kier alpha value is -1.07. The van der Waals surface area contributed by atoms with E-state index in [1.54, 1.807) is 23.6 Å². The van der Waals surface area contributed by atoms with Crippen molar-refractivity contribution >= 4 is 21.4 Å². The van der Waals surface area contributed by atoms with E-state index < -0.39 is 12.2 Å². The fourth-order valence-electron chi connectivity index (χ4n) is 1.44. The van der Waals surface area contributed by atoms with Crippen LogP contribution >= 0.6 is 11.3 Å². The molecule has 0 fully saturated rings. The zero-order chi connectivity index (χ0) is 11.1. The largest absolute Gasteiger partial charge is 0.407 e. The maximum Gasteiger partial charge on any atom is 0.407 e. The van der Waals surface area contributed by atoms with Gasteiger partial charge < -0.3 is 5.73 Å². The Morgan fingerprint density at radius 2 is 1.93 bits per heavy atom. The molecule has 80 valence electrons. The van der Waals surface area contributed by atoms with Crippen LogP contribution in [0.15, 0.2) is 29.6 Å². The minimum atomic E-state index is -4.39. The van der Waals surface area contributed by atoms with E-state index in [4.69, 9.17) is 5.73 Å². The molecule has 5 heteroatoms. The van der Waals surface area contributed by atoms with Gasteiger partial charge in [-0.3, -0.25) is 0 Å². The molecule has 1 aromatic heterocycles. The number of alkyl halides is 3. The minimum Gasteiger partial charge on any atom is -0.316 e. The van der Waals surface area contributed by atoms with E-state index in [1.165, 1.54) is 17.4 Å². The quantitative estimate of drug-likeness (QED) is 0.799. The van der Waals surface area contributed by atoms with Crippen LogP contribution in [0.3, 0.4) is 0 Å². The Morgan fingerprint density at radius 3 is 2.60 bits per heavy atom. The number of fused-ring (bicyclic) bond motifs is 1. The Morgan fingerprint density at radius 1 is 1.20 bits per heavy atom. The van der Waals surface area contributed by atoms with Gasteiger partial charge in [0.15, 0.2) is 0 Å². The first-order valence-electron chi connectivity index (χ1n) is 4.28. The van der Waals surface area contributed by atoms with Crippen molar-refractivity contribution in [2.75, 3.05) is 0 Å². The summed E-state index contributed by atoms with van der Waals surface area (Å²) in [6.07, 6.45) is -4.39. The van der Waals surface area contributed by atoms with Crippen LogP contribution in [0.4, 0.5) is 13.2 Å². The van der Waals surface area contributed by atoms with Crippen molar-refractivity contribution < 1.29 is 13.2 Å². The van der Waals surface area contributed by atoms with Gasteiger partial charge >= 0.3 is 6.18 Å². The first-order valence-corrected chi connectivity index (χ1v) is 5.16. The van der Waals surface area contributed by atoms with E-state index in [9.17, 15) is 13.2 Å². The van der Waals surface area contributed by atoms with E-state index in [1.807, 2.05) is 0 Å². The molecule has 0 amide bonds. The Kier molecular flexibility index (Phi) is 2.44. The molecule has 15 heavy (non-hydrogen) atoms. The van der Waals surface area contributed by atoms with Gasteiger partial charge in [-0.05, 0) is 22.4 Å². The predicted molar refractivity (Wildman–Crippen MR) is 54.8 cm³/mol. The summed E-state index contributed by atoms with van der Waals surface area (Å²) in [6.45, 7) is 0. The Labute approximate surface area is 88.3 Å². The SMILES string of the molecule is NC(c1cccc2ccsc12)C(F)(F)F. The van der Waals surface area contributed by atoms with Crippen molar-refractivity contribution in [3.63, 3.8) is 0 Å². The lowest BCUT2D eigenvalue weighted by atomic mass is 10.1. The van der Waals surface area contributed by atoms with Gasteiger partial charge in [0.05, 0.1) is 0 Å². The summed E-state index contributed by atoms with van der Waals surface area (Å²) in [5.74, 6) is 0. The second-order valence-electron chi connectivity index (χ2n) is 3.21. The highest BCUT2D eigenvalue weighted by molar-refractivity contribution is 7.17. The predicted octanol–water partition coefficient (Wildman–Crippen LogP) is 3.46. The molecule has 1 heterocycles. The van der Waals surface area contributed by atoms with Gasteiger partial charge in [-0.1, -0.05) is 18.2 Å². The Balaban J connectivity index is 2.56. The molecule has 0 aliphatic heterocycles. The van der Waals surface area contributed by atoms with Gasteiger partial charge in [-0.25, -0.2) is 0 Å². The molecule has 1 atom stereocenters. The molecule has 1 unspecified atom stereocenters. The fourth-order valence-corrected chi connectivity index (χ4v) is 2.39. The summed E-state index contributed by atoms with van der Waals surface area (Å²) >= 11 is 1.28. The highest BCUT2D eigenvalue weighted by Crippen LogP contribution is 2.36. The second-order valence-corrected chi connectivity index (χ2v) is 4.12. The molecule has 2 aromatic rings. The van der Waals surface area contributed by atoms with Crippen molar-refractivity contribution in [1.82, 2.24) is 0 Å². The number of nitrogens with two attached hydrogens (primary N) is 1. The molecule has 2 N–H and O–H groups in total. The van der Waals surface area contributed by atoms with Crippen LogP contribution in [0.1, 0.15) is 11.6 Å². The molecule has 0 saturated carbocycles. The normalized spacial score (nSPS) is 14.4. The maximum atomic E-state index is 12.4. The molecular formula is C10H8F3NS. The molecule has 1 nitrogen and oxygen atoms in total. The summed E-state index contributed by atoms with van der Waals surface area (Å²) in [4.78, 5) is 0. The van der Waals surface area contributed by atoms with E-state index in [-0.39, 0.29) is 5.56 Å². The third-order valence-corrected chi connectivity index (χ3v) is 3.18. The van der Waals surface area contributed by atoms with Gasteiger partial charge in [0, 0.05) is 4.70 Å². The molecule has 0 saturated heterocycles. The molecule has 0 aliphatic rings. The van der Waals surface area contributed by atoms with Crippen molar-refractivity contribution in [2.45, 2.75) is 12.2 Å². The smallest absolute Gasteiger partial charge is 0.316 e. The van der Waals surface area contributed by atoms with E-state index >= 15 is 0 Å². The minimum absolute atomic E-state index is 0.148. The molecule has 0 radical (unpaired) electrons. The number of halogens is 3. The van der Waals surface area contributed by atoms with Crippen LogP contribution in [-0.2, 0) is 0 Å². The highest BCUT2D eigenvalue weighted by atomic mass is 32.1. The van der Waals surface area contributed by atoms with Gasteiger partial charge in [-0.2, -0.15) is 13.2 Å². The highest BCUT2D eigenvalue weighted by Gasteiger charge is 2.38. The average molecular weight is 231 g/mol. The number of thiophene rings is 1. The monoisotopic (exact) mass is 231 g/mol. The van der Waals surface area contributed by atoms with Crippen LogP contribution in [0.5, 0.6) is 0 Å². The molecule has 0 bridgehead atoms. The number of rotatable bonds is 1. The standard InChI is InChI=1S/C10H8F3NS/c11-10(12,13)9(14)7-3-1-2-6-4-5-15-8(6)7/h1-5,9H,14H2. The van der Waals surface area contributed by atoms with Crippen LogP contribution in [0.25, 0.3) is 10.1 Å².